The number of nitrogens with one attached hydrogen (secondary N) is 1. The van der Waals surface area contributed by atoms with Crippen molar-refractivity contribution in [2.75, 3.05) is 0 Å². The van der Waals surface area contributed by atoms with Gasteiger partial charge in [0.25, 0.3) is 5.91 Å². The van der Waals surface area contributed by atoms with Crippen molar-refractivity contribution in [2.45, 2.75) is 6.54 Å². The van der Waals surface area contributed by atoms with Crippen LogP contribution in [0.5, 0.6) is 0 Å². The van der Waals surface area contributed by atoms with Crippen LogP contribution in [-0.2, 0) is 13.6 Å². The lowest BCUT2D eigenvalue weighted by atomic mass is 10.1. The Kier molecular flexibility index (Phi) is 3.39. The summed E-state index contributed by atoms with van der Waals surface area (Å²) in [4.78, 5) is 11.8. The molecular formula is C13H12N4O. The van der Waals surface area contributed by atoms with Gasteiger partial charge in [0.2, 0.25) is 0 Å². The Morgan fingerprint density at radius 2 is 2.11 bits per heavy atom. The molecule has 90 valence electrons. The van der Waals surface area contributed by atoms with E-state index in [2.05, 4.69) is 10.4 Å². The molecule has 2 aromatic rings. The van der Waals surface area contributed by atoms with E-state index in [1.54, 1.807) is 28.9 Å². The SMILES string of the molecule is Cn1ccc(CNC(=O)c2ccc(C#N)cc2)n1. The van der Waals surface area contributed by atoms with Crippen molar-refractivity contribution in [1.82, 2.24) is 15.1 Å². The van der Waals surface area contributed by atoms with Gasteiger partial charge in [-0.05, 0) is 30.3 Å². The van der Waals surface area contributed by atoms with Crippen molar-refractivity contribution >= 4 is 5.91 Å². The van der Waals surface area contributed by atoms with Gasteiger partial charge in [0, 0.05) is 18.8 Å². The van der Waals surface area contributed by atoms with Crippen molar-refractivity contribution in [1.29, 1.82) is 5.26 Å². The Balaban J connectivity index is 1.97. The van der Waals surface area contributed by atoms with E-state index in [0.29, 0.717) is 17.7 Å². The predicted molar refractivity (Wildman–Crippen MR) is 65.5 cm³/mol. The van der Waals surface area contributed by atoms with Crippen molar-refractivity contribution in [3.8, 4) is 6.07 Å². The van der Waals surface area contributed by atoms with Crippen molar-refractivity contribution in [2.24, 2.45) is 7.05 Å². The van der Waals surface area contributed by atoms with Crippen LogP contribution in [0.2, 0.25) is 0 Å². The van der Waals surface area contributed by atoms with E-state index in [4.69, 9.17) is 5.26 Å². The Morgan fingerprint density at radius 1 is 1.39 bits per heavy atom. The summed E-state index contributed by atoms with van der Waals surface area (Å²) in [5, 5.41) is 15.6. The molecule has 1 heterocycles. The Bertz CT molecular complexity index is 592. The first-order valence-electron chi connectivity index (χ1n) is 5.46. The smallest absolute Gasteiger partial charge is 0.251 e. The van der Waals surface area contributed by atoms with E-state index in [-0.39, 0.29) is 5.91 Å². The van der Waals surface area contributed by atoms with Crippen LogP contribution in [0.1, 0.15) is 21.6 Å². The molecular weight excluding hydrogens is 228 g/mol. The number of amides is 1. The largest absolute Gasteiger partial charge is 0.346 e. The Morgan fingerprint density at radius 3 is 2.67 bits per heavy atom. The molecule has 0 atom stereocenters. The normalized spacial score (nSPS) is 9.78. The average molecular weight is 240 g/mol. The first kappa shape index (κ1) is 11.9. The summed E-state index contributed by atoms with van der Waals surface area (Å²) in [5.74, 6) is -0.176. The van der Waals surface area contributed by atoms with Crippen LogP contribution in [0.4, 0.5) is 0 Å². The monoisotopic (exact) mass is 240 g/mol. The molecule has 1 N–H and O–H groups in total. The highest BCUT2D eigenvalue weighted by Crippen LogP contribution is 2.03. The number of aryl methyl sites for hydroxylation is 1. The highest BCUT2D eigenvalue weighted by molar-refractivity contribution is 5.94. The molecule has 5 heteroatoms. The van der Waals surface area contributed by atoms with E-state index < -0.39 is 0 Å². The number of hydrogen-bond acceptors (Lipinski definition) is 3. The first-order valence-corrected chi connectivity index (χ1v) is 5.46. The van der Waals surface area contributed by atoms with Gasteiger partial charge >= 0.3 is 0 Å². The second-order valence-corrected chi connectivity index (χ2v) is 3.85. The molecule has 0 fully saturated rings. The van der Waals surface area contributed by atoms with E-state index >= 15 is 0 Å². The van der Waals surface area contributed by atoms with E-state index in [1.165, 1.54) is 0 Å². The van der Waals surface area contributed by atoms with Crippen molar-refractivity contribution < 1.29 is 4.79 Å². The van der Waals surface area contributed by atoms with Gasteiger partial charge in [-0.3, -0.25) is 9.48 Å². The van der Waals surface area contributed by atoms with Gasteiger partial charge in [0.15, 0.2) is 0 Å². The minimum absolute atomic E-state index is 0.176. The molecule has 0 saturated carbocycles. The number of nitrogens with zero attached hydrogens (tertiary/aromatic N) is 3. The minimum atomic E-state index is -0.176. The number of carbonyl (C=O) groups is 1. The second-order valence-electron chi connectivity index (χ2n) is 3.85. The quantitative estimate of drug-likeness (QED) is 0.876. The van der Waals surface area contributed by atoms with Crippen LogP contribution >= 0.6 is 0 Å². The molecule has 0 aliphatic carbocycles. The van der Waals surface area contributed by atoms with Crippen LogP contribution in [0.25, 0.3) is 0 Å². The van der Waals surface area contributed by atoms with Crippen LogP contribution in [0, 0.1) is 11.3 Å². The van der Waals surface area contributed by atoms with Gasteiger partial charge < -0.3 is 5.32 Å². The Hall–Kier alpha value is -2.61. The molecule has 1 aromatic heterocycles. The number of carbonyl (C=O) groups excluding carboxylic acids is 1. The lowest BCUT2D eigenvalue weighted by Crippen LogP contribution is -2.23. The lowest BCUT2D eigenvalue weighted by molar-refractivity contribution is 0.0950. The maximum Gasteiger partial charge on any atom is 0.251 e. The summed E-state index contributed by atoms with van der Waals surface area (Å²) in [7, 11) is 1.83. The van der Waals surface area contributed by atoms with Crippen LogP contribution in [0.15, 0.2) is 36.5 Å². The van der Waals surface area contributed by atoms with Crippen LogP contribution in [-0.4, -0.2) is 15.7 Å². The molecule has 0 aliphatic rings. The summed E-state index contributed by atoms with van der Waals surface area (Å²) in [6.07, 6.45) is 1.82. The summed E-state index contributed by atoms with van der Waals surface area (Å²) in [6, 6.07) is 10.4. The highest BCUT2D eigenvalue weighted by Gasteiger charge is 2.05. The lowest BCUT2D eigenvalue weighted by Gasteiger charge is -2.03. The van der Waals surface area contributed by atoms with E-state index in [9.17, 15) is 4.79 Å². The molecule has 0 radical (unpaired) electrons. The average Bonchev–Trinajstić information content (AvgIpc) is 2.82. The number of aromatic nitrogens is 2. The summed E-state index contributed by atoms with van der Waals surface area (Å²) >= 11 is 0. The third kappa shape index (κ3) is 2.74. The molecule has 2 rings (SSSR count). The number of benzene rings is 1. The van der Waals surface area contributed by atoms with Gasteiger partial charge in [-0.1, -0.05) is 0 Å². The van der Waals surface area contributed by atoms with Gasteiger partial charge in [-0.15, -0.1) is 0 Å². The molecule has 1 aromatic carbocycles. The second kappa shape index (κ2) is 5.15. The molecule has 18 heavy (non-hydrogen) atoms. The third-order valence-corrected chi connectivity index (χ3v) is 2.48. The molecule has 0 unspecified atom stereocenters. The Labute approximate surface area is 105 Å². The number of rotatable bonds is 3. The molecule has 0 saturated heterocycles. The van der Waals surface area contributed by atoms with Gasteiger partial charge in [0.05, 0.1) is 23.9 Å². The first-order chi connectivity index (χ1) is 8.69. The van der Waals surface area contributed by atoms with Gasteiger partial charge in [-0.2, -0.15) is 10.4 Å². The summed E-state index contributed by atoms with van der Waals surface area (Å²) in [6.45, 7) is 0.389. The zero-order chi connectivity index (χ0) is 13.0. The van der Waals surface area contributed by atoms with E-state index in [1.807, 2.05) is 25.4 Å². The maximum atomic E-state index is 11.8. The fourth-order valence-corrected chi connectivity index (χ4v) is 1.53. The fraction of sp³-hybridized carbons (Fsp3) is 0.154. The van der Waals surface area contributed by atoms with Crippen LogP contribution in [0.3, 0.4) is 0 Å². The minimum Gasteiger partial charge on any atom is -0.346 e. The molecule has 5 nitrogen and oxygen atoms in total. The zero-order valence-corrected chi connectivity index (χ0v) is 9.92. The summed E-state index contributed by atoms with van der Waals surface area (Å²) in [5.41, 5.74) is 1.88. The predicted octanol–water partition coefficient (Wildman–Crippen LogP) is 1.22. The van der Waals surface area contributed by atoms with Crippen molar-refractivity contribution in [3.63, 3.8) is 0 Å². The van der Waals surface area contributed by atoms with Gasteiger partial charge in [-0.25, -0.2) is 0 Å². The third-order valence-electron chi connectivity index (χ3n) is 2.48. The molecule has 0 spiro atoms. The standard InChI is InChI=1S/C13H12N4O/c1-17-7-6-12(16-17)9-15-13(18)11-4-2-10(8-14)3-5-11/h2-7H,9H2,1H3,(H,15,18). The summed E-state index contributed by atoms with van der Waals surface area (Å²) < 4.78 is 1.68. The maximum absolute atomic E-state index is 11.8. The topological polar surface area (TPSA) is 70.7 Å². The van der Waals surface area contributed by atoms with Gasteiger partial charge in [0.1, 0.15) is 0 Å². The number of nitriles is 1. The molecule has 0 bridgehead atoms. The van der Waals surface area contributed by atoms with Crippen LogP contribution < -0.4 is 5.32 Å². The van der Waals surface area contributed by atoms with E-state index in [0.717, 1.165) is 5.69 Å². The molecule has 1 amide bonds. The van der Waals surface area contributed by atoms with Crippen molar-refractivity contribution in [3.05, 3.63) is 53.3 Å². The fourth-order valence-electron chi connectivity index (χ4n) is 1.53. The molecule has 0 aliphatic heterocycles. The number of hydrogen-bond donors (Lipinski definition) is 1. The highest BCUT2D eigenvalue weighted by atomic mass is 16.1. The zero-order valence-electron chi connectivity index (χ0n) is 9.92.